The number of carbonyl (C=O) groups excluding carboxylic acids is 1. The maximum atomic E-state index is 13.4. The number of ether oxygens (including phenoxy) is 1. The van der Waals surface area contributed by atoms with Crippen LogP contribution in [0.1, 0.15) is 42.5 Å². The third kappa shape index (κ3) is 3.92. The molecule has 0 aromatic heterocycles. The van der Waals surface area contributed by atoms with Crippen LogP contribution >= 0.6 is 0 Å². The van der Waals surface area contributed by atoms with Crippen molar-refractivity contribution in [3.63, 3.8) is 0 Å². The molecule has 2 aromatic carbocycles. The fourth-order valence-electron chi connectivity index (χ4n) is 5.60. The van der Waals surface area contributed by atoms with Crippen LogP contribution in [-0.4, -0.2) is 62.3 Å². The maximum absolute atomic E-state index is 13.4. The van der Waals surface area contributed by atoms with Gasteiger partial charge < -0.3 is 4.74 Å². The first-order chi connectivity index (χ1) is 15.3. The highest BCUT2D eigenvalue weighted by Crippen LogP contribution is 2.38. The Morgan fingerprint density at radius 1 is 1.06 bits per heavy atom. The van der Waals surface area contributed by atoms with E-state index < -0.39 is 9.84 Å². The first kappa shape index (κ1) is 21.5. The molecule has 4 heterocycles. The van der Waals surface area contributed by atoms with Crippen molar-refractivity contribution in [2.75, 3.05) is 25.9 Å². The first-order valence-corrected chi connectivity index (χ1v) is 13.3. The Labute approximate surface area is 190 Å². The second-order valence-electron chi connectivity index (χ2n) is 9.44. The Hall–Kier alpha value is -2.38. The summed E-state index contributed by atoms with van der Waals surface area (Å²) >= 11 is 0. The lowest BCUT2D eigenvalue weighted by molar-refractivity contribution is -0.0665. The van der Waals surface area contributed by atoms with Crippen LogP contribution in [0.5, 0.6) is 0 Å². The van der Waals surface area contributed by atoms with Crippen molar-refractivity contribution in [3.05, 3.63) is 65.2 Å². The lowest BCUT2D eigenvalue weighted by Gasteiger charge is -2.48. The zero-order valence-corrected chi connectivity index (χ0v) is 19.4. The minimum Gasteiger partial charge on any atom is -0.444 e. The maximum Gasteiger partial charge on any atom is 0.410 e. The zero-order valence-electron chi connectivity index (χ0n) is 18.6. The Kier molecular flexibility index (Phi) is 5.50. The number of benzene rings is 2. The van der Waals surface area contributed by atoms with E-state index in [2.05, 4.69) is 24.0 Å². The number of hydrogen-bond acceptors (Lipinski definition) is 5. The summed E-state index contributed by atoms with van der Waals surface area (Å²) in [5.74, 6) is 0.434. The number of sulfone groups is 1. The highest BCUT2D eigenvalue weighted by Gasteiger charge is 2.42. The Morgan fingerprint density at radius 3 is 2.47 bits per heavy atom. The van der Waals surface area contributed by atoms with Crippen LogP contribution in [0.25, 0.3) is 0 Å². The van der Waals surface area contributed by atoms with Crippen molar-refractivity contribution in [2.24, 2.45) is 5.92 Å². The van der Waals surface area contributed by atoms with E-state index in [0.717, 1.165) is 43.5 Å². The van der Waals surface area contributed by atoms with Gasteiger partial charge in [0.05, 0.1) is 10.9 Å². The molecule has 5 atom stereocenters. The summed E-state index contributed by atoms with van der Waals surface area (Å²) in [7, 11) is -3.28. The Morgan fingerprint density at radius 2 is 1.81 bits per heavy atom. The van der Waals surface area contributed by atoms with Crippen LogP contribution in [-0.2, 0) is 21.0 Å². The molecule has 170 valence electrons. The highest BCUT2D eigenvalue weighted by molar-refractivity contribution is 7.90. The molecule has 6 nitrogen and oxygen atoms in total. The molecule has 32 heavy (non-hydrogen) atoms. The summed E-state index contributed by atoms with van der Waals surface area (Å²) < 4.78 is 29.9. The second-order valence-corrected chi connectivity index (χ2v) is 11.5. The summed E-state index contributed by atoms with van der Waals surface area (Å²) in [5.41, 5.74) is 3.18. The average Bonchev–Trinajstić information content (AvgIpc) is 2.78. The molecule has 0 N–H and O–H groups in total. The van der Waals surface area contributed by atoms with Crippen LogP contribution in [0.4, 0.5) is 4.79 Å². The standard InChI is InChI=1S/C25H30N2O4S/c1-17-15-20-11-13-26(17)16-23(20)31-25(28)27-14-12-18-5-3-4-6-22(18)24(27)19-7-9-21(10-8-19)32(2,29)30/h3-10,17,20,23-24H,11-16H2,1-2H3/t17-,20?,23+,24-/m0/s1. The van der Waals surface area contributed by atoms with E-state index in [1.165, 1.54) is 11.8 Å². The molecule has 0 aliphatic carbocycles. The normalized spacial score (nSPS) is 29.4. The van der Waals surface area contributed by atoms with Gasteiger partial charge >= 0.3 is 6.09 Å². The van der Waals surface area contributed by atoms with Crippen LogP contribution in [0.2, 0.25) is 0 Å². The molecule has 7 heteroatoms. The predicted octanol–water partition coefficient (Wildman–Crippen LogP) is 3.66. The van der Waals surface area contributed by atoms with E-state index in [0.29, 0.717) is 18.5 Å². The molecule has 1 amide bonds. The number of hydrogen-bond donors (Lipinski definition) is 0. The number of amides is 1. The largest absolute Gasteiger partial charge is 0.444 e. The zero-order chi connectivity index (χ0) is 22.5. The van der Waals surface area contributed by atoms with Gasteiger partial charge in [-0.25, -0.2) is 13.2 Å². The van der Waals surface area contributed by atoms with Crippen molar-refractivity contribution in [1.29, 1.82) is 0 Å². The van der Waals surface area contributed by atoms with Gasteiger partial charge in [-0.2, -0.15) is 0 Å². The van der Waals surface area contributed by atoms with Gasteiger partial charge in [0.15, 0.2) is 9.84 Å². The lowest BCUT2D eigenvalue weighted by atomic mass is 9.82. The third-order valence-electron chi connectivity index (χ3n) is 7.39. The van der Waals surface area contributed by atoms with Gasteiger partial charge in [-0.15, -0.1) is 0 Å². The monoisotopic (exact) mass is 454 g/mol. The van der Waals surface area contributed by atoms with Gasteiger partial charge in [-0.3, -0.25) is 9.80 Å². The van der Waals surface area contributed by atoms with E-state index in [-0.39, 0.29) is 23.1 Å². The first-order valence-electron chi connectivity index (χ1n) is 11.4. The molecule has 0 saturated carbocycles. The van der Waals surface area contributed by atoms with E-state index in [4.69, 9.17) is 4.74 Å². The van der Waals surface area contributed by atoms with E-state index in [9.17, 15) is 13.2 Å². The van der Waals surface area contributed by atoms with Gasteiger partial charge in [-0.1, -0.05) is 36.4 Å². The minimum atomic E-state index is -3.28. The number of rotatable bonds is 3. The summed E-state index contributed by atoms with van der Waals surface area (Å²) in [4.78, 5) is 18.0. The molecule has 2 aromatic rings. The minimum absolute atomic E-state index is 0.0575. The molecule has 3 saturated heterocycles. The van der Waals surface area contributed by atoms with Gasteiger partial charge in [0, 0.05) is 25.4 Å². The van der Waals surface area contributed by atoms with E-state index >= 15 is 0 Å². The molecule has 6 rings (SSSR count). The Balaban J connectivity index is 1.44. The van der Waals surface area contributed by atoms with Crippen molar-refractivity contribution < 1.29 is 17.9 Å². The molecule has 4 aliphatic heterocycles. The SMILES string of the molecule is C[C@H]1CC2CCN1C[C@H]2OC(=O)N1CCc2ccccc2[C@@H]1c1ccc(S(C)(=O)=O)cc1. The molecular formula is C25H30N2O4S. The average molecular weight is 455 g/mol. The lowest BCUT2D eigenvalue weighted by Crippen LogP contribution is -2.56. The van der Waals surface area contributed by atoms with Gasteiger partial charge in [0.1, 0.15) is 6.10 Å². The summed E-state index contributed by atoms with van der Waals surface area (Å²) in [6.07, 6.45) is 3.82. The third-order valence-corrected chi connectivity index (χ3v) is 8.52. The van der Waals surface area contributed by atoms with Gasteiger partial charge in [-0.05, 0) is 67.5 Å². The molecule has 2 bridgehead atoms. The molecule has 2 unspecified atom stereocenters. The Bertz CT molecular complexity index is 1120. The summed E-state index contributed by atoms with van der Waals surface area (Å²) in [6.45, 7) is 4.73. The molecular weight excluding hydrogens is 424 g/mol. The molecule has 3 fully saturated rings. The number of carbonyl (C=O) groups is 1. The topological polar surface area (TPSA) is 66.9 Å². The van der Waals surface area contributed by atoms with Gasteiger partial charge in [0.25, 0.3) is 0 Å². The molecule has 4 aliphatic rings. The van der Waals surface area contributed by atoms with Crippen LogP contribution < -0.4 is 0 Å². The van der Waals surface area contributed by atoms with E-state index in [1.807, 2.05) is 29.2 Å². The number of nitrogens with zero attached hydrogens (tertiary/aromatic N) is 2. The van der Waals surface area contributed by atoms with Crippen molar-refractivity contribution >= 4 is 15.9 Å². The van der Waals surface area contributed by atoms with Crippen molar-refractivity contribution in [2.45, 2.75) is 49.3 Å². The fraction of sp³-hybridized carbons (Fsp3) is 0.480. The van der Waals surface area contributed by atoms with Gasteiger partial charge in [0.2, 0.25) is 0 Å². The molecule has 0 radical (unpaired) electrons. The fourth-order valence-corrected chi connectivity index (χ4v) is 6.23. The van der Waals surface area contributed by atoms with Crippen molar-refractivity contribution in [3.8, 4) is 0 Å². The number of piperidine rings is 3. The van der Waals surface area contributed by atoms with Crippen molar-refractivity contribution in [1.82, 2.24) is 9.80 Å². The highest BCUT2D eigenvalue weighted by atomic mass is 32.2. The number of fused-ring (bicyclic) bond motifs is 4. The second kappa shape index (κ2) is 8.19. The van der Waals surface area contributed by atoms with Crippen LogP contribution in [0.3, 0.4) is 0 Å². The van der Waals surface area contributed by atoms with Crippen LogP contribution in [0.15, 0.2) is 53.4 Å². The summed E-state index contributed by atoms with van der Waals surface area (Å²) in [5, 5.41) is 0. The molecule has 0 spiro atoms. The predicted molar refractivity (Wildman–Crippen MR) is 122 cm³/mol. The quantitative estimate of drug-likeness (QED) is 0.708. The van der Waals surface area contributed by atoms with Crippen LogP contribution in [0, 0.1) is 5.92 Å². The smallest absolute Gasteiger partial charge is 0.410 e. The van der Waals surface area contributed by atoms with E-state index in [1.54, 1.807) is 12.1 Å². The summed E-state index contributed by atoms with van der Waals surface area (Å²) in [6, 6.07) is 15.3.